The number of carbonyl (C=O) groups is 5. The number of imidazole rings is 1. The summed E-state index contributed by atoms with van der Waals surface area (Å²) in [5.41, 5.74) is 30.6. The smallest absolute Gasteiger partial charge is 0.260 e. The number of fused-ring (bicyclic) bond motifs is 3. The van der Waals surface area contributed by atoms with E-state index in [1.807, 2.05) is 56.3 Å². The van der Waals surface area contributed by atoms with Crippen LogP contribution < -0.4 is 49.7 Å². The maximum Gasteiger partial charge on any atom is 0.260 e. The average molecular weight is 955 g/mol. The Kier molecular flexibility index (Phi) is 23.8. The molecule has 0 radical (unpaired) electrons. The lowest BCUT2D eigenvalue weighted by molar-refractivity contribution is -0.142. The highest BCUT2D eigenvalue weighted by Crippen LogP contribution is 2.31. The van der Waals surface area contributed by atoms with Gasteiger partial charge in [0.25, 0.3) is 5.91 Å². The first-order chi connectivity index (χ1) is 33.5. The number of likely N-dealkylation sites (tertiary alicyclic amines) is 1. The minimum Gasteiger partial charge on any atom is -0.390 e. The molecule has 4 aromatic rings. The number of hydrazine groups is 1. The monoisotopic (exact) mass is 955 g/mol. The zero-order valence-corrected chi connectivity index (χ0v) is 41.2. The van der Waals surface area contributed by atoms with Gasteiger partial charge in [-0.25, -0.2) is 9.97 Å². The molecule has 19 heteroatoms. The van der Waals surface area contributed by atoms with Gasteiger partial charge in [-0.15, -0.1) is 0 Å². The van der Waals surface area contributed by atoms with E-state index in [4.69, 9.17) is 27.2 Å². The van der Waals surface area contributed by atoms with Gasteiger partial charge in [-0.1, -0.05) is 75.7 Å². The molecule has 4 atom stereocenters. The Morgan fingerprint density at radius 3 is 2.25 bits per heavy atom. The van der Waals surface area contributed by atoms with E-state index >= 15 is 0 Å². The van der Waals surface area contributed by atoms with Crippen molar-refractivity contribution in [2.75, 3.05) is 38.7 Å². The van der Waals surface area contributed by atoms with E-state index in [0.29, 0.717) is 101 Å². The topological polar surface area (TPSA) is 296 Å². The Labute approximate surface area is 407 Å². The molecule has 3 heterocycles. The van der Waals surface area contributed by atoms with E-state index in [1.54, 1.807) is 0 Å². The SMILES string of the molecule is CCCCc1nc2c(NNC(=O)C(CCCN=CN)NC(=O)C(CC(C)C)NC(=O)C3CCCN3C(=O)C(CCCCN)NC(=O)CCCCN)nc3ccccc3c2n1Cc1ccccc1.CN. The van der Waals surface area contributed by atoms with E-state index in [9.17, 15) is 24.0 Å². The third kappa shape index (κ3) is 16.5. The second-order valence-electron chi connectivity index (χ2n) is 17.8. The van der Waals surface area contributed by atoms with Crippen LogP contribution in [0.4, 0.5) is 5.82 Å². The molecule has 0 aliphatic carbocycles. The molecule has 1 aliphatic heterocycles. The van der Waals surface area contributed by atoms with Crippen molar-refractivity contribution in [2.45, 2.75) is 141 Å². The molecule has 19 nitrogen and oxygen atoms in total. The predicted octanol–water partition coefficient (Wildman–Crippen LogP) is 3.51. The van der Waals surface area contributed by atoms with Crippen molar-refractivity contribution < 1.29 is 24.0 Å². The van der Waals surface area contributed by atoms with Gasteiger partial charge in [0, 0.05) is 37.9 Å². The number of pyridine rings is 1. The van der Waals surface area contributed by atoms with Crippen LogP contribution in [0.25, 0.3) is 21.9 Å². The highest BCUT2D eigenvalue weighted by molar-refractivity contribution is 6.07. The summed E-state index contributed by atoms with van der Waals surface area (Å²) >= 11 is 0. The summed E-state index contributed by atoms with van der Waals surface area (Å²) in [5, 5.41) is 9.66. The number of nitrogens with two attached hydrogens (primary N) is 4. The van der Waals surface area contributed by atoms with E-state index < -0.39 is 41.9 Å². The quantitative estimate of drug-likeness (QED) is 0.0171. The van der Waals surface area contributed by atoms with Gasteiger partial charge in [-0.2, -0.15) is 0 Å². The number of aryl methyl sites for hydroxylation is 1. The van der Waals surface area contributed by atoms with Crippen LogP contribution in [0, 0.1) is 5.92 Å². The van der Waals surface area contributed by atoms with Crippen LogP contribution in [-0.2, 0) is 36.9 Å². The molecule has 69 heavy (non-hydrogen) atoms. The van der Waals surface area contributed by atoms with E-state index in [1.165, 1.54) is 18.3 Å². The fourth-order valence-electron chi connectivity index (χ4n) is 8.56. The maximum atomic E-state index is 14.3. The van der Waals surface area contributed by atoms with E-state index in [0.717, 1.165) is 41.6 Å². The molecule has 0 saturated carbocycles. The van der Waals surface area contributed by atoms with Gasteiger partial charge in [0.05, 0.1) is 17.4 Å². The highest BCUT2D eigenvalue weighted by Gasteiger charge is 2.39. The van der Waals surface area contributed by atoms with Gasteiger partial charge < -0.3 is 48.4 Å². The second kappa shape index (κ2) is 29.7. The number of para-hydroxylation sites is 1. The van der Waals surface area contributed by atoms with Gasteiger partial charge in [-0.05, 0) is 108 Å². The molecule has 0 bridgehead atoms. The number of nitrogens with one attached hydrogen (secondary N) is 5. The molecular formula is C50H78N14O5. The number of carbonyl (C=O) groups excluding carboxylic acids is 5. The first-order valence-corrected chi connectivity index (χ1v) is 24.8. The number of amides is 5. The predicted molar refractivity (Wildman–Crippen MR) is 274 cm³/mol. The normalized spacial score (nSPS) is 14.8. The third-order valence-electron chi connectivity index (χ3n) is 12.0. The van der Waals surface area contributed by atoms with Gasteiger partial charge in [0.15, 0.2) is 5.82 Å². The Morgan fingerprint density at radius 1 is 0.826 bits per heavy atom. The highest BCUT2D eigenvalue weighted by atomic mass is 16.2. The Bertz CT molecular complexity index is 2270. The molecule has 378 valence electrons. The number of rotatable bonds is 28. The number of aliphatic imine (C=N–C) groups is 1. The zero-order chi connectivity index (χ0) is 50.1. The summed E-state index contributed by atoms with van der Waals surface area (Å²) in [6.07, 6.45) is 9.00. The van der Waals surface area contributed by atoms with Crippen molar-refractivity contribution in [1.29, 1.82) is 0 Å². The molecule has 1 saturated heterocycles. The van der Waals surface area contributed by atoms with Crippen LogP contribution in [0.1, 0.15) is 116 Å². The standard InChI is InChI=1S/C49H73N13O5.CH5N/c1-4-5-24-41-58-43-44(62(41)31-34-17-7-6-8-18-34)35-19-9-10-20-36(35)55-45(43)59-60-47(65)37(22-15-28-53-32-52)56-46(64)39(30-33(2)3)57-48(66)40-23-16-29-61(40)49(67)38(21-11-13-26-50)54-42(63)25-12-14-27-51;1-2/h6-10,17-20,32-33,37-40H,4-5,11-16,21-31,50-51H2,1-3H3,(H2,52,53)(H,54,63)(H,55,59)(H,56,64)(H,57,66)(H,60,65);2H2,1H3. The van der Waals surface area contributed by atoms with E-state index in [2.05, 4.69) is 61.2 Å². The molecular weight excluding hydrogens is 877 g/mol. The summed E-state index contributed by atoms with van der Waals surface area (Å²) < 4.78 is 2.23. The Balaban J connectivity index is 0.00000511. The van der Waals surface area contributed by atoms with Crippen molar-refractivity contribution in [2.24, 2.45) is 33.8 Å². The fourth-order valence-corrected chi connectivity index (χ4v) is 8.56. The largest absolute Gasteiger partial charge is 0.390 e. The van der Waals surface area contributed by atoms with Crippen molar-refractivity contribution >= 4 is 63.6 Å². The zero-order valence-electron chi connectivity index (χ0n) is 41.2. The van der Waals surface area contributed by atoms with Gasteiger partial charge in [0.1, 0.15) is 35.5 Å². The molecule has 1 aliphatic rings. The summed E-state index contributed by atoms with van der Waals surface area (Å²) in [6.45, 7) is 8.20. The second-order valence-corrected chi connectivity index (χ2v) is 17.8. The number of nitrogens with zero attached hydrogens (tertiary/aromatic N) is 5. The van der Waals surface area contributed by atoms with Crippen LogP contribution >= 0.6 is 0 Å². The molecule has 13 N–H and O–H groups in total. The van der Waals surface area contributed by atoms with Crippen molar-refractivity contribution in [1.82, 2.24) is 40.8 Å². The lowest BCUT2D eigenvalue weighted by Gasteiger charge is -2.30. The molecule has 1 fully saturated rings. The van der Waals surface area contributed by atoms with Gasteiger partial charge >= 0.3 is 0 Å². The number of hydrogen-bond acceptors (Lipinski definition) is 12. The maximum absolute atomic E-state index is 14.3. The number of anilines is 1. The lowest BCUT2D eigenvalue weighted by atomic mass is 10.0. The number of hydrogen-bond donors (Lipinski definition) is 9. The first-order valence-electron chi connectivity index (χ1n) is 24.8. The summed E-state index contributed by atoms with van der Waals surface area (Å²) in [4.78, 5) is 85.1. The van der Waals surface area contributed by atoms with Gasteiger partial charge in [0.2, 0.25) is 23.6 Å². The van der Waals surface area contributed by atoms with Gasteiger partial charge in [-0.3, -0.25) is 39.8 Å². The fraction of sp³-hybridized carbons (Fsp3) is 0.560. The Morgan fingerprint density at radius 2 is 1.54 bits per heavy atom. The first kappa shape index (κ1) is 55.4. The minimum atomic E-state index is -1.04. The molecule has 2 aromatic carbocycles. The summed E-state index contributed by atoms with van der Waals surface area (Å²) in [5.74, 6) is -0.885. The number of unbranched alkanes of at least 4 members (excludes halogenated alkanes) is 3. The average Bonchev–Trinajstić information content (AvgIpc) is 3.99. The minimum absolute atomic E-state index is 0.0168. The lowest BCUT2D eigenvalue weighted by Crippen LogP contribution is -2.58. The molecule has 2 aromatic heterocycles. The van der Waals surface area contributed by atoms with Crippen LogP contribution in [0.3, 0.4) is 0 Å². The molecule has 4 unspecified atom stereocenters. The van der Waals surface area contributed by atoms with Crippen molar-refractivity contribution in [3.63, 3.8) is 0 Å². The van der Waals surface area contributed by atoms with E-state index in [-0.39, 0.29) is 37.0 Å². The van der Waals surface area contributed by atoms with Crippen LogP contribution in [-0.4, -0.2) is 113 Å². The number of benzene rings is 2. The summed E-state index contributed by atoms with van der Waals surface area (Å²) in [7, 11) is 1.50. The molecule has 5 rings (SSSR count). The van der Waals surface area contributed by atoms with Crippen LogP contribution in [0.2, 0.25) is 0 Å². The number of aromatic nitrogens is 3. The Hall–Kier alpha value is -6.18. The van der Waals surface area contributed by atoms with Crippen molar-refractivity contribution in [3.05, 3.63) is 66.0 Å². The van der Waals surface area contributed by atoms with Crippen LogP contribution in [0.15, 0.2) is 59.6 Å². The molecule has 5 amide bonds. The summed E-state index contributed by atoms with van der Waals surface area (Å²) in [6, 6.07) is 14.3. The molecule has 0 spiro atoms. The van der Waals surface area contributed by atoms with Crippen molar-refractivity contribution in [3.8, 4) is 0 Å². The third-order valence-corrected chi connectivity index (χ3v) is 12.0. The van der Waals surface area contributed by atoms with Crippen LogP contribution in [0.5, 0.6) is 0 Å².